The van der Waals surface area contributed by atoms with Crippen molar-refractivity contribution in [1.29, 1.82) is 0 Å². The monoisotopic (exact) mass is 251 g/mol. The van der Waals surface area contributed by atoms with Gasteiger partial charge in [0.1, 0.15) is 17.1 Å². The van der Waals surface area contributed by atoms with Gasteiger partial charge < -0.3 is 19.9 Å². The summed E-state index contributed by atoms with van der Waals surface area (Å²) in [5.74, 6) is 1.65. The molecule has 2 rings (SSSR count). The number of rotatable bonds is 4. The molecule has 0 radical (unpaired) electrons. The Morgan fingerprint density at radius 2 is 2.22 bits per heavy atom. The zero-order valence-corrected chi connectivity index (χ0v) is 11.2. The minimum absolute atomic E-state index is 0.0426. The van der Waals surface area contributed by atoms with Crippen LogP contribution in [0, 0.1) is 0 Å². The summed E-state index contributed by atoms with van der Waals surface area (Å²) >= 11 is 0. The van der Waals surface area contributed by atoms with E-state index in [9.17, 15) is 0 Å². The van der Waals surface area contributed by atoms with E-state index in [1.54, 1.807) is 14.2 Å². The molecule has 0 aliphatic carbocycles. The summed E-state index contributed by atoms with van der Waals surface area (Å²) in [6.07, 6.45) is 1.64. The topological polar surface area (TPSA) is 53.7 Å². The molecule has 0 spiro atoms. The molecule has 1 aromatic carbocycles. The van der Waals surface area contributed by atoms with E-state index in [0.717, 1.165) is 29.9 Å². The van der Waals surface area contributed by atoms with E-state index in [1.165, 1.54) is 0 Å². The van der Waals surface area contributed by atoms with Crippen LogP contribution >= 0.6 is 0 Å². The zero-order valence-electron chi connectivity index (χ0n) is 11.2. The van der Waals surface area contributed by atoms with Crippen LogP contribution in [0.15, 0.2) is 18.2 Å². The fraction of sp³-hybridized carbons (Fsp3) is 0.571. The fourth-order valence-corrected chi connectivity index (χ4v) is 2.49. The number of hydrogen-bond acceptors (Lipinski definition) is 4. The molecule has 0 fully saturated rings. The Bertz CT molecular complexity index is 422. The summed E-state index contributed by atoms with van der Waals surface area (Å²) in [6.45, 7) is 2.66. The molecule has 0 bridgehead atoms. The van der Waals surface area contributed by atoms with Gasteiger partial charge in [-0.15, -0.1) is 0 Å². The van der Waals surface area contributed by atoms with Crippen LogP contribution in [0.3, 0.4) is 0 Å². The lowest BCUT2D eigenvalue weighted by molar-refractivity contribution is -0.0338. The highest BCUT2D eigenvalue weighted by molar-refractivity contribution is 5.44. The number of methoxy groups -OCH3 is 2. The maximum Gasteiger partial charge on any atom is 0.134 e. The second-order valence-electron chi connectivity index (χ2n) is 4.79. The van der Waals surface area contributed by atoms with Gasteiger partial charge in [0.2, 0.25) is 0 Å². The van der Waals surface area contributed by atoms with Crippen LogP contribution in [-0.4, -0.2) is 26.4 Å². The summed E-state index contributed by atoms with van der Waals surface area (Å²) in [5, 5.41) is 0. The minimum atomic E-state index is -0.310. The fourth-order valence-electron chi connectivity index (χ4n) is 2.49. The maximum absolute atomic E-state index is 6.26. The van der Waals surface area contributed by atoms with E-state index >= 15 is 0 Å². The molecule has 1 aliphatic heterocycles. The highest BCUT2D eigenvalue weighted by atomic mass is 16.5. The van der Waals surface area contributed by atoms with E-state index in [2.05, 4.69) is 6.92 Å². The molecule has 18 heavy (non-hydrogen) atoms. The normalized spacial score (nSPS) is 26.3. The van der Waals surface area contributed by atoms with Gasteiger partial charge in [0.05, 0.1) is 13.7 Å². The Kier molecular flexibility index (Phi) is 3.78. The van der Waals surface area contributed by atoms with Gasteiger partial charge in [0.15, 0.2) is 0 Å². The number of fused-ring (bicyclic) bond motifs is 1. The van der Waals surface area contributed by atoms with Crippen molar-refractivity contribution >= 4 is 0 Å². The molecule has 2 atom stereocenters. The van der Waals surface area contributed by atoms with Crippen molar-refractivity contribution in [3.8, 4) is 11.5 Å². The lowest BCUT2D eigenvalue weighted by Crippen LogP contribution is -2.46. The summed E-state index contributed by atoms with van der Waals surface area (Å²) < 4.78 is 16.6. The molecule has 100 valence electrons. The van der Waals surface area contributed by atoms with Crippen LogP contribution < -0.4 is 15.2 Å². The third-order valence-electron chi connectivity index (χ3n) is 3.59. The highest BCUT2D eigenvalue weighted by Gasteiger charge is 2.38. The largest absolute Gasteiger partial charge is 0.497 e. The van der Waals surface area contributed by atoms with E-state index in [-0.39, 0.29) is 11.6 Å². The van der Waals surface area contributed by atoms with Crippen LogP contribution in [0.1, 0.15) is 31.4 Å². The van der Waals surface area contributed by atoms with Gasteiger partial charge in [-0.25, -0.2) is 0 Å². The maximum atomic E-state index is 6.26. The number of nitrogens with two attached hydrogens (primary N) is 1. The highest BCUT2D eigenvalue weighted by Crippen LogP contribution is 2.41. The molecule has 4 heteroatoms. The van der Waals surface area contributed by atoms with Crippen molar-refractivity contribution in [2.45, 2.75) is 31.4 Å². The average Bonchev–Trinajstić information content (AvgIpc) is 2.39. The second kappa shape index (κ2) is 5.16. The van der Waals surface area contributed by atoms with Crippen molar-refractivity contribution in [3.05, 3.63) is 23.8 Å². The van der Waals surface area contributed by atoms with Crippen molar-refractivity contribution in [2.75, 3.05) is 20.8 Å². The van der Waals surface area contributed by atoms with Crippen molar-refractivity contribution in [3.63, 3.8) is 0 Å². The first-order valence-electron chi connectivity index (χ1n) is 6.25. The Hall–Kier alpha value is -1.26. The number of ether oxygens (including phenoxy) is 3. The summed E-state index contributed by atoms with van der Waals surface area (Å²) in [6, 6.07) is 5.72. The Morgan fingerprint density at radius 3 is 2.83 bits per heavy atom. The number of hydrogen-bond donors (Lipinski definition) is 1. The van der Waals surface area contributed by atoms with Crippen LogP contribution in [0.4, 0.5) is 0 Å². The predicted molar refractivity (Wildman–Crippen MR) is 70.1 cm³/mol. The molecule has 1 aliphatic rings. The molecule has 0 saturated heterocycles. The Morgan fingerprint density at radius 1 is 1.44 bits per heavy atom. The standard InChI is InChI=1S/C14H21NO3/c1-4-14(9-16-2)8-12(15)11-7-10(17-3)5-6-13(11)18-14/h5-7,12H,4,8-9,15H2,1-3H3/t12-,14?/m1/s1. The quantitative estimate of drug-likeness (QED) is 0.892. The van der Waals surface area contributed by atoms with Gasteiger partial charge in [-0.2, -0.15) is 0 Å². The first kappa shape index (κ1) is 13.2. The van der Waals surface area contributed by atoms with E-state index in [0.29, 0.717) is 6.61 Å². The average molecular weight is 251 g/mol. The van der Waals surface area contributed by atoms with E-state index in [4.69, 9.17) is 19.9 Å². The molecular weight excluding hydrogens is 230 g/mol. The first-order chi connectivity index (χ1) is 8.64. The van der Waals surface area contributed by atoms with Crippen molar-refractivity contribution in [2.24, 2.45) is 5.73 Å². The van der Waals surface area contributed by atoms with E-state index in [1.807, 2.05) is 18.2 Å². The lowest BCUT2D eigenvalue weighted by Gasteiger charge is -2.40. The van der Waals surface area contributed by atoms with Crippen molar-refractivity contribution in [1.82, 2.24) is 0 Å². The van der Waals surface area contributed by atoms with Gasteiger partial charge in [-0.05, 0) is 24.6 Å². The lowest BCUT2D eigenvalue weighted by atomic mass is 9.86. The smallest absolute Gasteiger partial charge is 0.134 e. The summed E-state index contributed by atoms with van der Waals surface area (Å²) in [5.41, 5.74) is 6.96. The summed E-state index contributed by atoms with van der Waals surface area (Å²) in [7, 11) is 3.34. The molecule has 0 saturated carbocycles. The van der Waals surface area contributed by atoms with Crippen LogP contribution in [0.2, 0.25) is 0 Å². The van der Waals surface area contributed by atoms with Crippen LogP contribution in [0.5, 0.6) is 11.5 Å². The molecule has 1 unspecified atom stereocenters. The molecule has 0 aromatic heterocycles. The molecule has 4 nitrogen and oxygen atoms in total. The molecule has 2 N–H and O–H groups in total. The van der Waals surface area contributed by atoms with E-state index < -0.39 is 0 Å². The minimum Gasteiger partial charge on any atom is -0.497 e. The van der Waals surface area contributed by atoms with Gasteiger partial charge in [0, 0.05) is 25.1 Å². The Balaban J connectivity index is 2.33. The third kappa shape index (κ3) is 2.31. The van der Waals surface area contributed by atoms with Gasteiger partial charge >= 0.3 is 0 Å². The third-order valence-corrected chi connectivity index (χ3v) is 3.59. The first-order valence-corrected chi connectivity index (χ1v) is 6.25. The van der Waals surface area contributed by atoms with Gasteiger partial charge in [-0.3, -0.25) is 0 Å². The number of benzene rings is 1. The van der Waals surface area contributed by atoms with Crippen LogP contribution in [-0.2, 0) is 4.74 Å². The zero-order chi connectivity index (χ0) is 13.2. The van der Waals surface area contributed by atoms with Crippen molar-refractivity contribution < 1.29 is 14.2 Å². The summed E-state index contributed by atoms with van der Waals surface area (Å²) in [4.78, 5) is 0. The van der Waals surface area contributed by atoms with Gasteiger partial charge in [0.25, 0.3) is 0 Å². The predicted octanol–water partition coefficient (Wildman–Crippen LogP) is 2.27. The molecule has 1 aromatic rings. The molecule has 0 amide bonds. The van der Waals surface area contributed by atoms with Gasteiger partial charge in [-0.1, -0.05) is 6.92 Å². The molecular formula is C14H21NO3. The van der Waals surface area contributed by atoms with Crippen LogP contribution in [0.25, 0.3) is 0 Å². The molecule has 1 heterocycles. The Labute approximate surface area is 108 Å². The second-order valence-corrected chi connectivity index (χ2v) is 4.79. The SMILES string of the molecule is CCC1(COC)C[C@@H](N)c2cc(OC)ccc2O1.